The van der Waals surface area contributed by atoms with Gasteiger partial charge in [0.05, 0.1) is 5.41 Å². The molecule has 2 heteroatoms. The van der Waals surface area contributed by atoms with Gasteiger partial charge in [-0.2, -0.15) is 0 Å². The topological polar surface area (TPSA) is 40.5 Å². The predicted octanol–water partition coefficient (Wildman–Crippen LogP) is 6.69. The van der Waals surface area contributed by atoms with Gasteiger partial charge in [0.1, 0.15) is 11.5 Å². The standard InChI is InChI=1S/C29H26O2/c1-17-13-19(3)27(30)25(15-17)29(26-16-18(2)14-20(4)28(26)31)23-11-7-5-9-21(23)22-10-6-8-12-24(22)29/h5-16,30-31H,1-4H3. The third-order valence-corrected chi connectivity index (χ3v) is 6.65. The maximum Gasteiger partial charge on any atom is 0.123 e. The van der Waals surface area contributed by atoms with E-state index in [1.165, 1.54) is 0 Å². The lowest BCUT2D eigenvalue weighted by atomic mass is 9.66. The fourth-order valence-corrected chi connectivity index (χ4v) is 5.45. The Balaban J connectivity index is 2.07. The molecule has 0 unspecified atom stereocenters. The van der Waals surface area contributed by atoms with Crippen molar-refractivity contribution in [2.45, 2.75) is 33.1 Å². The van der Waals surface area contributed by atoms with Crippen molar-refractivity contribution in [1.29, 1.82) is 0 Å². The number of hydrogen-bond donors (Lipinski definition) is 2. The van der Waals surface area contributed by atoms with Gasteiger partial charge < -0.3 is 10.2 Å². The molecule has 0 heterocycles. The van der Waals surface area contributed by atoms with E-state index in [1.807, 2.05) is 50.2 Å². The molecule has 0 spiro atoms. The number of hydrogen-bond acceptors (Lipinski definition) is 2. The molecule has 0 saturated carbocycles. The first-order valence-corrected chi connectivity index (χ1v) is 10.7. The summed E-state index contributed by atoms with van der Waals surface area (Å²) in [5, 5.41) is 22.8. The number of rotatable bonds is 2. The van der Waals surface area contributed by atoms with E-state index in [0.717, 1.165) is 55.6 Å². The Morgan fingerprint density at radius 1 is 0.516 bits per heavy atom. The summed E-state index contributed by atoms with van der Waals surface area (Å²) in [7, 11) is 0. The smallest absolute Gasteiger partial charge is 0.123 e. The van der Waals surface area contributed by atoms with E-state index in [1.54, 1.807) is 0 Å². The number of aryl methyl sites for hydroxylation is 4. The van der Waals surface area contributed by atoms with Crippen LogP contribution in [0, 0.1) is 27.7 Å². The minimum absolute atomic E-state index is 0.274. The van der Waals surface area contributed by atoms with Gasteiger partial charge >= 0.3 is 0 Å². The molecule has 0 aromatic heterocycles. The molecule has 0 saturated heterocycles. The zero-order valence-electron chi connectivity index (χ0n) is 18.3. The van der Waals surface area contributed by atoms with Crippen LogP contribution in [0.5, 0.6) is 11.5 Å². The highest BCUT2D eigenvalue weighted by atomic mass is 16.3. The summed E-state index contributed by atoms with van der Waals surface area (Å²) in [4.78, 5) is 0. The van der Waals surface area contributed by atoms with Crippen LogP contribution in [0.4, 0.5) is 0 Å². The molecule has 4 aromatic rings. The summed E-state index contributed by atoms with van der Waals surface area (Å²) in [6, 6.07) is 24.8. The first-order valence-electron chi connectivity index (χ1n) is 10.7. The van der Waals surface area contributed by atoms with Crippen LogP contribution in [-0.2, 0) is 5.41 Å². The van der Waals surface area contributed by atoms with Gasteiger partial charge in [0.25, 0.3) is 0 Å². The van der Waals surface area contributed by atoms with Gasteiger partial charge in [-0.1, -0.05) is 83.9 Å². The van der Waals surface area contributed by atoms with Crippen molar-refractivity contribution in [3.8, 4) is 22.6 Å². The Labute approximate surface area is 183 Å². The predicted molar refractivity (Wildman–Crippen MR) is 126 cm³/mol. The summed E-state index contributed by atoms with van der Waals surface area (Å²) in [5.74, 6) is 0.548. The average molecular weight is 407 g/mol. The molecule has 0 atom stereocenters. The second-order valence-electron chi connectivity index (χ2n) is 8.80. The fraction of sp³-hybridized carbons (Fsp3) is 0.172. The molecule has 0 amide bonds. The molecule has 154 valence electrons. The van der Waals surface area contributed by atoms with Crippen LogP contribution >= 0.6 is 0 Å². The summed E-state index contributed by atoms with van der Waals surface area (Å²) in [6.45, 7) is 7.98. The van der Waals surface area contributed by atoms with Crippen molar-refractivity contribution >= 4 is 0 Å². The normalized spacial score (nSPS) is 13.7. The van der Waals surface area contributed by atoms with E-state index < -0.39 is 5.41 Å². The second-order valence-corrected chi connectivity index (χ2v) is 8.80. The van der Waals surface area contributed by atoms with E-state index >= 15 is 0 Å². The zero-order valence-corrected chi connectivity index (χ0v) is 18.3. The fourth-order valence-electron chi connectivity index (χ4n) is 5.45. The minimum atomic E-state index is -0.811. The molecule has 0 radical (unpaired) electrons. The SMILES string of the molecule is Cc1cc(C)c(O)c(C2(c3cc(C)cc(C)c3O)c3ccccc3-c3ccccc32)c1. The van der Waals surface area contributed by atoms with Crippen LogP contribution < -0.4 is 0 Å². The molecular weight excluding hydrogens is 380 g/mol. The van der Waals surface area contributed by atoms with Crippen molar-refractivity contribution < 1.29 is 10.2 Å². The molecule has 0 bridgehead atoms. The van der Waals surface area contributed by atoms with Gasteiger partial charge in [-0.3, -0.25) is 0 Å². The van der Waals surface area contributed by atoms with Crippen molar-refractivity contribution in [1.82, 2.24) is 0 Å². The molecule has 1 aliphatic rings. The summed E-state index contributed by atoms with van der Waals surface area (Å²) >= 11 is 0. The minimum Gasteiger partial charge on any atom is -0.507 e. The molecule has 2 nitrogen and oxygen atoms in total. The maximum atomic E-state index is 11.4. The first kappa shape index (κ1) is 19.4. The molecular formula is C29H26O2. The highest BCUT2D eigenvalue weighted by Crippen LogP contribution is 2.59. The van der Waals surface area contributed by atoms with Gasteiger partial charge in [-0.05, 0) is 61.1 Å². The molecule has 1 aliphatic carbocycles. The quantitative estimate of drug-likeness (QED) is 0.343. The number of benzene rings is 4. The van der Waals surface area contributed by atoms with E-state index in [0.29, 0.717) is 0 Å². The highest BCUT2D eigenvalue weighted by molar-refractivity contribution is 5.88. The van der Waals surface area contributed by atoms with Gasteiger partial charge in [-0.25, -0.2) is 0 Å². The molecule has 4 aromatic carbocycles. The van der Waals surface area contributed by atoms with E-state index in [9.17, 15) is 10.2 Å². The molecule has 0 fully saturated rings. The third kappa shape index (κ3) is 2.58. The molecule has 31 heavy (non-hydrogen) atoms. The van der Waals surface area contributed by atoms with Gasteiger partial charge in [-0.15, -0.1) is 0 Å². The number of aromatic hydroxyl groups is 2. The maximum absolute atomic E-state index is 11.4. The molecule has 0 aliphatic heterocycles. The van der Waals surface area contributed by atoms with Gasteiger partial charge in [0.2, 0.25) is 0 Å². The third-order valence-electron chi connectivity index (χ3n) is 6.65. The molecule has 2 N–H and O–H groups in total. The number of fused-ring (bicyclic) bond motifs is 3. The van der Waals surface area contributed by atoms with Crippen LogP contribution in [0.15, 0.2) is 72.8 Å². The van der Waals surface area contributed by atoms with Gasteiger partial charge in [0.15, 0.2) is 0 Å². The Hall–Kier alpha value is -3.52. The van der Waals surface area contributed by atoms with Crippen LogP contribution in [-0.4, -0.2) is 10.2 Å². The first-order chi connectivity index (χ1) is 14.9. The number of phenols is 2. The van der Waals surface area contributed by atoms with Gasteiger partial charge in [0, 0.05) is 11.1 Å². The Bertz CT molecular complexity index is 1240. The second kappa shape index (κ2) is 6.75. The Kier molecular flexibility index (Phi) is 4.23. The Morgan fingerprint density at radius 3 is 1.32 bits per heavy atom. The average Bonchev–Trinajstić information content (AvgIpc) is 3.05. The summed E-state index contributed by atoms with van der Waals surface area (Å²) in [5.41, 5.74) is 9.06. The van der Waals surface area contributed by atoms with E-state index in [4.69, 9.17) is 0 Å². The van der Waals surface area contributed by atoms with Crippen molar-refractivity contribution in [2.24, 2.45) is 0 Å². The van der Waals surface area contributed by atoms with Crippen molar-refractivity contribution in [2.75, 3.05) is 0 Å². The van der Waals surface area contributed by atoms with Crippen LogP contribution in [0.1, 0.15) is 44.5 Å². The zero-order chi connectivity index (χ0) is 21.9. The highest BCUT2D eigenvalue weighted by Gasteiger charge is 2.49. The van der Waals surface area contributed by atoms with Crippen molar-refractivity contribution in [3.05, 3.63) is 117 Å². The lowest BCUT2D eigenvalue weighted by Crippen LogP contribution is -2.29. The lowest BCUT2D eigenvalue weighted by molar-refractivity contribution is 0.443. The monoisotopic (exact) mass is 406 g/mol. The van der Waals surface area contributed by atoms with Crippen LogP contribution in [0.3, 0.4) is 0 Å². The number of phenolic OH excluding ortho intramolecular Hbond substituents is 2. The Morgan fingerprint density at radius 2 is 0.903 bits per heavy atom. The molecule has 5 rings (SSSR count). The lowest BCUT2D eigenvalue weighted by Gasteiger charge is -2.36. The summed E-state index contributed by atoms with van der Waals surface area (Å²) in [6.07, 6.45) is 0. The van der Waals surface area contributed by atoms with Crippen LogP contribution in [0.2, 0.25) is 0 Å². The van der Waals surface area contributed by atoms with Crippen LogP contribution in [0.25, 0.3) is 11.1 Å². The summed E-state index contributed by atoms with van der Waals surface area (Å²) < 4.78 is 0. The van der Waals surface area contributed by atoms with E-state index in [2.05, 4.69) is 50.2 Å². The van der Waals surface area contributed by atoms with Crippen molar-refractivity contribution in [3.63, 3.8) is 0 Å². The van der Waals surface area contributed by atoms with E-state index in [-0.39, 0.29) is 11.5 Å². The largest absolute Gasteiger partial charge is 0.507 e.